The largest absolute Gasteiger partial charge is 0.311 e. The highest BCUT2D eigenvalue weighted by atomic mass is 79.9. The number of nitrogens with one attached hydrogen (secondary N) is 1. The van der Waals surface area contributed by atoms with Crippen LogP contribution < -0.4 is 5.32 Å². The predicted octanol–water partition coefficient (Wildman–Crippen LogP) is 3.97. The molecule has 2 rings (SSSR count). The number of rotatable bonds is 4. The zero-order chi connectivity index (χ0) is 13.8. The summed E-state index contributed by atoms with van der Waals surface area (Å²) in [6.07, 6.45) is 2.60. The first-order chi connectivity index (χ1) is 9.06. The van der Waals surface area contributed by atoms with Crippen molar-refractivity contribution in [3.8, 4) is 0 Å². The van der Waals surface area contributed by atoms with E-state index < -0.39 is 0 Å². The van der Waals surface area contributed by atoms with Crippen LogP contribution in [0.2, 0.25) is 0 Å². The van der Waals surface area contributed by atoms with Gasteiger partial charge in [0.2, 0.25) is 0 Å². The van der Waals surface area contributed by atoms with Crippen LogP contribution in [-0.4, -0.2) is 30.1 Å². The Balaban J connectivity index is 2.00. The lowest BCUT2D eigenvalue weighted by Crippen LogP contribution is -2.48. The third-order valence-corrected chi connectivity index (χ3v) is 4.39. The molecule has 1 aliphatic heterocycles. The van der Waals surface area contributed by atoms with Crippen molar-refractivity contribution >= 4 is 15.9 Å². The summed E-state index contributed by atoms with van der Waals surface area (Å²) in [6, 6.07) is 10.4. The van der Waals surface area contributed by atoms with Gasteiger partial charge in [-0.05, 0) is 44.0 Å². The van der Waals surface area contributed by atoms with Crippen molar-refractivity contribution in [2.24, 2.45) is 0 Å². The number of halogens is 1. The summed E-state index contributed by atoms with van der Waals surface area (Å²) in [7, 11) is 0. The average Bonchev–Trinajstić information content (AvgIpc) is 2.37. The molecule has 2 unspecified atom stereocenters. The molecule has 2 nitrogen and oxygen atoms in total. The maximum Gasteiger partial charge on any atom is 0.0320 e. The van der Waals surface area contributed by atoms with E-state index in [-0.39, 0.29) is 0 Å². The fourth-order valence-corrected chi connectivity index (χ4v) is 3.36. The number of likely N-dealkylation sites (tertiary alicyclic amines) is 1. The Labute approximate surface area is 125 Å². The number of piperidine rings is 1. The molecule has 0 amide bonds. The van der Waals surface area contributed by atoms with Gasteiger partial charge in [0.05, 0.1) is 0 Å². The van der Waals surface area contributed by atoms with Crippen LogP contribution in [0.3, 0.4) is 0 Å². The maximum atomic E-state index is 3.68. The van der Waals surface area contributed by atoms with Crippen LogP contribution in [0.4, 0.5) is 0 Å². The van der Waals surface area contributed by atoms with Crippen LogP contribution in [-0.2, 0) is 0 Å². The van der Waals surface area contributed by atoms with E-state index >= 15 is 0 Å². The summed E-state index contributed by atoms with van der Waals surface area (Å²) < 4.78 is 1.17. The van der Waals surface area contributed by atoms with E-state index in [9.17, 15) is 0 Å². The predicted molar refractivity (Wildman–Crippen MR) is 85.4 cm³/mol. The number of benzene rings is 1. The Hall–Kier alpha value is -0.380. The van der Waals surface area contributed by atoms with Gasteiger partial charge in [0.1, 0.15) is 0 Å². The molecule has 1 aliphatic rings. The summed E-state index contributed by atoms with van der Waals surface area (Å²) in [5, 5.41) is 3.68. The number of hydrogen-bond acceptors (Lipinski definition) is 2. The highest BCUT2D eigenvalue weighted by molar-refractivity contribution is 9.10. The van der Waals surface area contributed by atoms with Crippen molar-refractivity contribution in [2.45, 2.75) is 51.7 Å². The molecular weight excluding hydrogens is 300 g/mol. The lowest BCUT2D eigenvalue weighted by atomic mass is 10.00. The summed E-state index contributed by atoms with van der Waals surface area (Å²) >= 11 is 3.57. The Morgan fingerprint density at radius 2 is 2.11 bits per heavy atom. The molecule has 1 heterocycles. The zero-order valence-electron chi connectivity index (χ0n) is 12.2. The van der Waals surface area contributed by atoms with Crippen LogP contribution in [0.1, 0.15) is 45.2 Å². The van der Waals surface area contributed by atoms with Gasteiger partial charge in [-0.25, -0.2) is 0 Å². The standard InChI is InChI=1S/C16H25BrN2/c1-12(2)18-16-8-5-9-19(11-16)13(3)14-6-4-7-15(17)10-14/h4,6-7,10,12-13,16,18H,5,8-9,11H2,1-3H3. The molecule has 1 saturated heterocycles. The second-order valence-corrected chi connectivity index (χ2v) is 6.80. The molecule has 0 saturated carbocycles. The molecule has 0 aliphatic carbocycles. The summed E-state index contributed by atoms with van der Waals surface area (Å²) in [5.74, 6) is 0. The van der Waals surface area contributed by atoms with Crippen molar-refractivity contribution in [3.63, 3.8) is 0 Å². The van der Waals surface area contributed by atoms with Crippen molar-refractivity contribution in [1.29, 1.82) is 0 Å². The maximum absolute atomic E-state index is 3.68. The highest BCUT2D eigenvalue weighted by Gasteiger charge is 2.24. The molecule has 0 bridgehead atoms. The fourth-order valence-electron chi connectivity index (χ4n) is 2.94. The first-order valence-corrected chi connectivity index (χ1v) is 8.11. The van der Waals surface area contributed by atoms with Crippen LogP contribution in [0.25, 0.3) is 0 Å². The van der Waals surface area contributed by atoms with E-state index in [1.165, 1.54) is 29.4 Å². The monoisotopic (exact) mass is 324 g/mol. The molecule has 1 aromatic rings. The van der Waals surface area contributed by atoms with Gasteiger partial charge in [0, 0.05) is 29.1 Å². The SMILES string of the molecule is CC(C)NC1CCCN(C(C)c2cccc(Br)c2)C1. The minimum Gasteiger partial charge on any atom is -0.311 e. The van der Waals surface area contributed by atoms with Crippen LogP contribution in [0, 0.1) is 0 Å². The van der Waals surface area contributed by atoms with Crippen molar-refractivity contribution in [1.82, 2.24) is 10.2 Å². The molecule has 19 heavy (non-hydrogen) atoms. The highest BCUT2D eigenvalue weighted by Crippen LogP contribution is 2.26. The van der Waals surface area contributed by atoms with E-state index in [1.54, 1.807) is 0 Å². The lowest BCUT2D eigenvalue weighted by molar-refractivity contribution is 0.142. The van der Waals surface area contributed by atoms with E-state index in [2.05, 4.69) is 71.2 Å². The molecule has 0 radical (unpaired) electrons. The van der Waals surface area contributed by atoms with Crippen molar-refractivity contribution < 1.29 is 0 Å². The smallest absolute Gasteiger partial charge is 0.0320 e. The van der Waals surface area contributed by atoms with Gasteiger partial charge in [-0.2, -0.15) is 0 Å². The van der Waals surface area contributed by atoms with Crippen LogP contribution >= 0.6 is 15.9 Å². The van der Waals surface area contributed by atoms with Crippen LogP contribution in [0.5, 0.6) is 0 Å². The van der Waals surface area contributed by atoms with E-state index in [0.717, 1.165) is 6.54 Å². The van der Waals surface area contributed by atoms with Gasteiger partial charge >= 0.3 is 0 Å². The summed E-state index contributed by atoms with van der Waals surface area (Å²) in [4.78, 5) is 2.60. The van der Waals surface area contributed by atoms with Crippen molar-refractivity contribution in [3.05, 3.63) is 34.3 Å². The molecular formula is C16H25BrN2. The van der Waals surface area contributed by atoms with Gasteiger partial charge in [-0.3, -0.25) is 4.90 Å². The Bertz CT molecular complexity index is 405. The molecule has 1 fully saturated rings. The molecule has 106 valence electrons. The zero-order valence-corrected chi connectivity index (χ0v) is 13.8. The Morgan fingerprint density at radius 3 is 2.79 bits per heavy atom. The summed E-state index contributed by atoms with van der Waals surface area (Å²) in [6.45, 7) is 9.16. The van der Waals surface area contributed by atoms with Gasteiger partial charge in [0.15, 0.2) is 0 Å². The van der Waals surface area contributed by atoms with E-state index in [0.29, 0.717) is 18.1 Å². The minimum atomic E-state index is 0.495. The van der Waals surface area contributed by atoms with Gasteiger partial charge in [-0.15, -0.1) is 0 Å². The fraction of sp³-hybridized carbons (Fsp3) is 0.625. The van der Waals surface area contributed by atoms with E-state index in [1.807, 2.05) is 0 Å². The van der Waals surface area contributed by atoms with E-state index in [4.69, 9.17) is 0 Å². The quantitative estimate of drug-likeness (QED) is 0.901. The molecule has 0 spiro atoms. The molecule has 0 aromatic heterocycles. The second-order valence-electron chi connectivity index (χ2n) is 5.89. The first kappa shape index (κ1) is 15.0. The number of nitrogens with zero attached hydrogens (tertiary/aromatic N) is 1. The number of hydrogen-bond donors (Lipinski definition) is 1. The van der Waals surface area contributed by atoms with Gasteiger partial charge < -0.3 is 5.32 Å². The lowest BCUT2D eigenvalue weighted by Gasteiger charge is -2.38. The first-order valence-electron chi connectivity index (χ1n) is 7.32. The molecule has 2 atom stereocenters. The average molecular weight is 325 g/mol. The Kier molecular flexibility index (Phi) is 5.43. The topological polar surface area (TPSA) is 15.3 Å². The van der Waals surface area contributed by atoms with Gasteiger partial charge in [-0.1, -0.05) is 41.9 Å². The second kappa shape index (κ2) is 6.87. The molecule has 1 N–H and O–H groups in total. The Morgan fingerprint density at radius 1 is 1.32 bits per heavy atom. The molecule has 3 heteroatoms. The third kappa shape index (κ3) is 4.30. The third-order valence-electron chi connectivity index (χ3n) is 3.90. The van der Waals surface area contributed by atoms with Crippen molar-refractivity contribution in [2.75, 3.05) is 13.1 Å². The van der Waals surface area contributed by atoms with Crippen LogP contribution in [0.15, 0.2) is 28.7 Å². The molecule has 1 aromatic carbocycles. The summed E-state index contributed by atoms with van der Waals surface area (Å²) in [5.41, 5.74) is 1.40. The normalized spacial score (nSPS) is 22.7. The minimum absolute atomic E-state index is 0.495. The van der Waals surface area contributed by atoms with Gasteiger partial charge in [0.25, 0.3) is 0 Å².